The van der Waals surface area contributed by atoms with Crippen molar-refractivity contribution in [3.8, 4) is 0 Å². The van der Waals surface area contributed by atoms with Crippen molar-refractivity contribution < 1.29 is 38.1 Å². The van der Waals surface area contributed by atoms with Crippen LogP contribution in [0.15, 0.2) is 23.8 Å². The number of hydrogen-bond donors (Lipinski definition) is 1. The summed E-state index contributed by atoms with van der Waals surface area (Å²) in [7, 11) is 0. The van der Waals surface area contributed by atoms with Crippen LogP contribution in [0.4, 0.5) is 4.39 Å². The Morgan fingerprint density at radius 3 is 2.39 bits per heavy atom. The van der Waals surface area contributed by atoms with E-state index in [4.69, 9.17) is 9.47 Å². The molecule has 38 heavy (non-hydrogen) atoms. The molecule has 3 saturated carbocycles. The van der Waals surface area contributed by atoms with Gasteiger partial charge in [-0.1, -0.05) is 39.3 Å². The molecule has 8 heteroatoms. The van der Waals surface area contributed by atoms with E-state index in [9.17, 15) is 24.3 Å². The summed E-state index contributed by atoms with van der Waals surface area (Å²) in [5.41, 5.74) is -5.25. The lowest BCUT2D eigenvalue weighted by Crippen LogP contribution is -2.70. The van der Waals surface area contributed by atoms with E-state index in [1.165, 1.54) is 12.2 Å². The number of allylic oxidation sites excluding steroid dienone is 4. The Kier molecular flexibility index (Phi) is 7.54. The fourth-order valence-corrected chi connectivity index (χ4v) is 8.46. The van der Waals surface area contributed by atoms with Crippen LogP contribution in [0.3, 0.4) is 0 Å². The van der Waals surface area contributed by atoms with Crippen molar-refractivity contribution in [2.45, 2.75) is 103 Å². The van der Waals surface area contributed by atoms with Gasteiger partial charge in [-0.05, 0) is 63.5 Å². The van der Waals surface area contributed by atoms with Crippen LogP contribution >= 0.6 is 0 Å². The number of ketones is 2. The Hall–Kier alpha value is -2.35. The van der Waals surface area contributed by atoms with Gasteiger partial charge in [-0.3, -0.25) is 19.2 Å². The van der Waals surface area contributed by atoms with E-state index in [0.717, 1.165) is 0 Å². The van der Waals surface area contributed by atoms with Gasteiger partial charge in [0, 0.05) is 35.5 Å². The molecule has 0 amide bonds. The third-order valence-electron chi connectivity index (χ3n) is 10.2. The predicted molar refractivity (Wildman–Crippen MR) is 138 cm³/mol. The molecule has 1 N–H and O–H groups in total. The van der Waals surface area contributed by atoms with Crippen LogP contribution in [0.1, 0.15) is 86.0 Å². The summed E-state index contributed by atoms with van der Waals surface area (Å²) in [5, 5.41) is 10.1. The third kappa shape index (κ3) is 3.84. The van der Waals surface area contributed by atoms with Crippen molar-refractivity contribution >= 4 is 23.5 Å². The quantitative estimate of drug-likeness (QED) is 0.456. The highest BCUT2D eigenvalue weighted by atomic mass is 19.1. The van der Waals surface area contributed by atoms with E-state index in [0.29, 0.717) is 37.7 Å². The molecule has 0 saturated heterocycles. The molecule has 0 radical (unpaired) electrons. The van der Waals surface area contributed by atoms with Crippen LogP contribution in [-0.2, 0) is 28.7 Å². The molecular formula is C30H41FO7. The number of halogens is 1. The van der Waals surface area contributed by atoms with Crippen LogP contribution in [0, 0.1) is 28.6 Å². The van der Waals surface area contributed by atoms with Crippen LogP contribution in [0.25, 0.3) is 0 Å². The summed E-state index contributed by atoms with van der Waals surface area (Å²) in [6, 6.07) is 0. The summed E-state index contributed by atoms with van der Waals surface area (Å²) < 4.78 is 30.1. The van der Waals surface area contributed by atoms with Crippen molar-refractivity contribution in [1.82, 2.24) is 0 Å². The number of carbonyl (C=O) groups is 4. The number of hydrogen-bond acceptors (Lipinski definition) is 7. The molecule has 0 aromatic carbocycles. The average molecular weight is 533 g/mol. The second-order valence-corrected chi connectivity index (χ2v) is 12.2. The van der Waals surface area contributed by atoms with Crippen LogP contribution in [-0.4, -0.2) is 52.6 Å². The topological polar surface area (TPSA) is 107 Å². The highest BCUT2D eigenvalue weighted by Crippen LogP contribution is 2.72. The van der Waals surface area contributed by atoms with Crippen LogP contribution < -0.4 is 0 Å². The molecule has 0 bridgehead atoms. The van der Waals surface area contributed by atoms with Gasteiger partial charge in [0.05, 0.1) is 0 Å². The van der Waals surface area contributed by atoms with E-state index >= 15 is 4.39 Å². The lowest BCUT2D eigenvalue weighted by molar-refractivity contribution is -0.236. The number of carbonyl (C=O) groups excluding carboxylic acids is 4. The Bertz CT molecular complexity index is 1080. The Balaban J connectivity index is 1.89. The van der Waals surface area contributed by atoms with Gasteiger partial charge < -0.3 is 14.6 Å². The molecule has 8 atom stereocenters. The van der Waals surface area contributed by atoms with Crippen molar-refractivity contribution in [3.05, 3.63) is 23.8 Å². The van der Waals surface area contributed by atoms with Gasteiger partial charge in [-0.25, -0.2) is 4.39 Å². The van der Waals surface area contributed by atoms with Crippen molar-refractivity contribution in [2.75, 3.05) is 6.61 Å². The molecule has 3 fully saturated rings. The molecule has 0 aromatic rings. The van der Waals surface area contributed by atoms with E-state index < -0.39 is 64.4 Å². The zero-order chi connectivity index (χ0) is 28.1. The minimum absolute atomic E-state index is 0.0414. The molecule has 0 heterocycles. The summed E-state index contributed by atoms with van der Waals surface area (Å²) in [6.45, 7) is 8.28. The number of esters is 2. The molecule has 0 unspecified atom stereocenters. The summed E-state index contributed by atoms with van der Waals surface area (Å²) in [4.78, 5) is 51.5. The molecule has 0 aromatic heterocycles. The number of ether oxygens (including phenoxy) is 2. The minimum Gasteiger partial charge on any atom is -0.459 e. The molecule has 4 aliphatic carbocycles. The Morgan fingerprint density at radius 1 is 1.11 bits per heavy atom. The van der Waals surface area contributed by atoms with E-state index in [2.05, 4.69) is 0 Å². The van der Waals surface area contributed by atoms with Gasteiger partial charge in [-0.2, -0.15) is 0 Å². The lowest BCUT2D eigenvalue weighted by atomic mass is 9.44. The van der Waals surface area contributed by atoms with Crippen LogP contribution in [0.5, 0.6) is 0 Å². The first-order valence-corrected chi connectivity index (χ1v) is 14.0. The van der Waals surface area contributed by atoms with Crippen molar-refractivity contribution in [2.24, 2.45) is 28.6 Å². The number of Topliss-reactive ketones (excluding diaryl/α,β-unsaturated/α-hetero) is 1. The number of rotatable bonds is 8. The fraction of sp³-hybridized carbons (Fsp3) is 0.733. The highest BCUT2D eigenvalue weighted by molar-refractivity contribution is 6.01. The Morgan fingerprint density at radius 2 is 1.76 bits per heavy atom. The van der Waals surface area contributed by atoms with Gasteiger partial charge in [0.25, 0.3) is 0 Å². The monoisotopic (exact) mass is 532 g/mol. The third-order valence-corrected chi connectivity index (χ3v) is 10.2. The number of aliphatic hydroxyl groups excluding tert-OH is 1. The van der Waals surface area contributed by atoms with Crippen molar-refractivity contribution in [1.29, 1.82) is 0 Å². The largest absolute Gasteiger partial charge is 0.459 e. The standard InChI is InChI=1S/C30H41FO7/c1-6-8-25(35)37-24-16-28(5)22(14-18(3)30(28,23(34)17-32)38-26(36)9-7-2)21-11-10-19-15-20(33)12-13-27(19,4)29(21,24)31/h12-13,15,18,21-22,24,32H,6-11,14,16-17H2,1-5H3/t18-,21+,22+,24+,27+,28+,29+,30+/m1/s1. The molecule has 4 rings (SSSR count). The maximum absolute atomic E-state index is 18.1. The Labute approximate surface area is 224 Å². The van der Waals surface area contributed by atoms with Gasteiger partial charge in [0.1, 0.15) is 12.7 Å². The molecular weight excluding hydrogens is 491 g/mol. The van der Waals surface area contributed by atoms with Gasteiger partial charge in [0.15, 0.2) is 17.1 Å². The summed E-state index contributed by atoms with van der Waals surface area (Å²) >= 11 is 0. The van der Waals surface area contributed by atoms with E-state index in [1.54, 1.807) is 13.0 Å². The molecule has 0 spiro atoms. The molecule has 210 valence electrons. The number of fused-ring (bicyclic) bond motifs is 5. The number of alkyl halides is 1. The lowest BCUT2D eigenvalue weighted by Gasteiger charge is -2.63. The minimum atomic E-state index is -2.03. The van der Waals surface area contributed by atoms with Gasteiger partial charge in [0.2, 0.25) is 5.78 Å². The second-order valence-electron chi connectivity index (χ2n) is 12.2. The molecule has 7 nitrogen and oxygen atoms in total. The maximum atomic E-state index is 18.1. The second kappa shape index (κ2) is 10.00. The van der Waals surface area contributed by atoms with Gasteiger partial charge in [-0.15, -0.1) is 0 Å². The normalized spacial score (nSPS) is 41.4. The number of aliphatic hydroxyl groups is 1. The fourth-order valence-electron chi connectivity index (χ4n) is 8.46. The summed E-state index contributed by atoms with van der Waals surface area (Å²) in [5.74, 6) is -3.33. The van der Waals surface area contributed by atoms with Crippen LogP contribution in [0.2, 0.25) is 0 Å². The smallest absolute Gasteiger partial charge is 0.306 e. The first-order chi connectivity index (χ1) is 17.8. The zero-order valence-corrected chi connectivity index (χ0v) is 23.2. The first kappa shape index (κ1) is 28.7. The van der Waals surface area contributed by atoms with E-state index in [-0.39, 0.29) is 31.0 Å². The average Bonchev–Trinajstić information content (AvgIpc) is 3.07. The van der Waals surface area contributed by atoms with Gasteiger partial charge >= 0.3 is 11.9 Å². The highest BCUT2D eigenvalue weighted by Gasteiger charge is 2.78. The zero-order valence-electron chi connectivity index (χ0n) is 23.2. The molecule has 0 aliphatic heterocycles. The van der Waals surface area contributed by atoms with E-state index in [1.807, 2.05) is 27.7 Å². The predicted octanol–water partition coefficient (Wildman–Crippen LogP) is 4.60. The first-order valence-electron chi connectivity index (χ1n) is 14.0. The van der Waals surface area contributed by atoms with Crippen molar-refractivity contribution in [3.63, 3.8) is 0 Å². The molecule has 4 aliphatic rings. The summed E-state index contributed by atoms with van der Waals surface area (Å²) in [6.07, 6.45) is 5.84. The SMILES string of the molecule is CCCC(=O)O[C@H]1C[C@@]2(C)[C@@H](C[C@@H](C)[C@]2(OC(=O)CCC)C(=O)CO)[C@@H]2CCC3=CC(=O)C=C[C@]3(C)[C@@]12F. The maximum Gasteiger partial charge on any atom is 0.306 e.